The summed E-state index contributed by atoms with van der Waals surface area (Å²) in [6.45, 7) is 2.54. The summed E-state index contributed by atoms with van der Waals surface area (Å²) in [7, 11) is -2.58. The van der Waals surface area contributed by atoms with Gasteiger partial charge >= 0.3 is 5.69 Å². The van der Waals surface area contributed by atoms with Gasteiger partial charge in [0.05, 0.1) is 21.5 Å². The first-order chi connectivity index (χ1) is 15.6. The maximum atomic E-state index is 13.1. The molecule has 1 aliphatic heterocycles. The van der Waals surface area contributed by atoms with Crippen LogP contribution in [0.4, 0.5) is 5.69 Å². The molecule has 1 saturated heterocycles. The lowest BCUT2D eigenvalue weighted by Gasteiger charge is -2.17. The van der Waals surface area contributed by atoms with Gasteiger partial charge in [0.2, 0.25) is 5.91 Å². The molecule has 1 aromatic heterocycles. The maximum Gasteiger partial charge on any atom is 0.331 e. The van der Waals surface area contributed by atoms with Gasteiger partial charge in [0, 0.05) is 25.2 Å². The Hall–Kier alpha value is -3.11. The first kappa shape index (κ1) is 23.1. The number of amides is 1. The third-order valence-electron chi connectivity index (χ3n) is 5.83. The zero-order valence-electron chi connectivity index (χ0n) is 18.2. The number of hydrogen-bond donors (Lipinski definition) is 1. The predicted molar refractivity (Wildman–Crippen MR) is 126 cm³/mol. The van der Waals surface area contributed by atoms with Crippen molar-refractivity contribution in [1.29, 1.82) is 0 Å². The van der Waals surface area contributed by atoms with Gasteiger partial charge in [-0.1, -0.05) is 17.7 Å². The molecular formula is C22H23ClN4O5S. The van der Waals surface area contributed by atoms with Gasteiger partial charge in [-0.25, -0.2) is 13.2 Å². The molecule has 0 atom stereocenters. The summed E-state index contributed by atoms with van der Waals surface area (Å²) in [5.74, 6) is -0.312. The summed E-state index contributed by atoms with van der Waals surface area (Å²) >= 11 is 5.99. The Kier molecular flexibility index (Phi) is 6.06. The molecule has 0 spiro atoms. The molecule has 4 rings (SSSR count). The number of rotatable bonds is 5. The average Bonchev–Trinajstić information content (AvgIpc) is 3.32. The zero-order valence-corrected chi connectivity index (χ0v) is 19.7. The van der Waals surface area contributed by atoms with Crippen LogP contribution in [0.1, 0.15) is 18.4 Å². The van der Waals surface area contributed by atoms with Crippen molar-refractivity contribution in [2.24, 2.45) is 7.05 Å². The number of fused-ring (bicyclic) bond motifs is 1. The number of sulfonamides is 1. The lowest BCUT2D eigenvalue weighted by atomic mass is 10.2. The van der Waals surface area contributed by atoms with Gasteiger partial charge in [-0.2, -0.15) is 0 Å². The minimum atomic E-state index is -4.05. The molecule has 0 radical (unpaired) electrons. The summed E-state index contributed by atoms with van der Waals surface area (Å²) in [4.78, 5) is 39.9. The fourth-order valence-corrected chi connectivity index (χ4v) is 5.23. The van der Waals surface area contributed by atoms with Crippen molar-refractivity contribution < 1.29 is 13.2 Å². The fourth-order valence-electron chi connectivity index (χ4n) is 3.91. The summed E-state index contributed by atoms with van der Waals surface area (Å²) in [6.07, 6.45) is 1.77. The number of likely N-dealkylation sites (tertiary alicyclic amines) is 1. The van der Waals surface area contributed by atoms with E-state index in [0.717, 1.165) is 17.4 Å². The van der Waals surface area contributed by atoms with E-state index in [1.54, 1.807) is 24.0 Å². The van der Waals surface area contributed by atoms with Crippen LogP contribution in [-0.2, 0) is 28.4 Å². The second kappa shape index (κ2) is 8.68. The molecule has 174 valence electrons. The van der Waals surface area contributed by atoms with Gasteiger partial charge in [0.15, 0.2) is 0 Å². The molecule has 9 nitrogen and oxygen atoms in total. The normalized spacial score (nSPS) is 14.1. The van der Waals surface area contributed by atoms with E-state index in [4.69, 9.17) is 11.6 Å². The Morgan fingerprint density at radius 3 is 2.48 bits per heavy atom. The third kappa shape index (κ3) is 4.40. The number of hydrogen-bond acceptors (Lipinski definition) is 5. The first-order valence-corrected chi connectivity index (χ1v) is 12.2. The summed E-state index contributed by atoms with van der Waals surface area (Å²) in [5, 5.41) is 0.398. The van der Waals surface area contributed by atoms with Crippen molar-refractivity contribution in [3.8, 4) is 0 Å². The van der Waals surface area contributed by atoms with Crippen molar-refractivity contribution in [1.82, 2.24) is 14.0 Å². The molecule has 1 N–H and O–H groups in total. The highest BCUT2D eigenvalue weighted by molar-refractivity contribution is 7.92. The lowest BCUT2D eigenvalue weighted by molar-refractivity contribution is -0.130. The van der Waals surface area contributed by atoms with Crippen LogP contribution >= 0.6 is 11.6 Å². The Bertz CT molecular complexity index is 1490. The third-order valence-corrected chi connectivity index (χ3v) is 7.43. The number of halogens is 1. The molecule has 1 aliphatic rings. The van der Waals surface area contributed by atoms with E-state index in [0.29, 0.717) is 29.4 Å². The lowest BCUT2D eigenvalue weighted by Crippen LogP contribution is -2.43. The smallest absolute Gasteiger partial charge is 0.331 e. The van der Waals surface area contributed by atoms with Gasteiger partial charge < -0.3 is 4.90 Å². The second-order valence-corrected chi connectivity index (χ2v) is 10.2. The molecule has 11 heteroatoms. The minimum Gasteiger partial charge on any atom is -0.341 e. The molecule has 33 heavy (non-hydrogen) atoms. The quantitative estimate of drug-likeness (QED) is 0.588. The Morgan fingerprint density at radius 1 is 1.09 bits per heavy atom. The van der Waals surface area contributed by atoms with Crippen LogP contribution in [0.3, 0.4) is 0 Å². The van der Waals surface area contributed by atoms with Crippen molar-refractivity contribution >= 4 is 44.1 Å². The van der Waals surface area contributed by atoms with Gasteiger partial charge in [-0.15, -0.1) is 0 Å². The van der Waals surface area contributed by atoms with Crippen molar-refractivity contribution in [3.63, 3.8) is 0 Å². The molecule has 0 saturated carbocycles. The van der Waals surface area contributed by atoms with Gasteiger partial charge in [-0.3, -0.25) is 23.4 Å². The molecule has 0 aliphatic carbocycles. The molecule has 3 aromatic rings. The van der Waals surface area contributed by atoms with Gasteiger partial charge in [0.25, 0.3) is 15.6 Å². The van der Waals surface area contributed by atoms with E-state index in [1.165, 1.54) is 35.9 Å². The summed E-state index contributed by atoms with van der Waals surface area (Å²) < 4.78 is 30.6. The van der Waals surface area contributed by atoms with E-state index in [-0.39, 0.29) is 21.7 Å². The van der Waals surface area contributed by atoms with Crippen LogP contribution in [0, 0.1) is 6.92 Å². The second-order valence-electron chi connectivity index (χ2n) is 8.06. The molecule has 2 heterocycles. The van der Waals surface area contributed by atoms with Crippen LogP contribution in [-0.4, -0.2) is 41.4 Å². The number of nitrogens with zero attached hydrogens (tertiary/aromatic N) is 3. The molecule has 1 amide bonds. The topological polar surface area (TPSA) is 110 Å². The molecule has 0 unspecified atom stereocenters. The van der Waals surface area contributed by atoms with E-state index in [1.807, 2.05) is 0 Å². The van der Waals surface area contributed by atoms with Crippen LogP contribution < -0.4 is 16.0 Å². The van der Waals surface area contributed by atoms with E-state index in [9.17, 15) is 22.8 Å². The first-order valence-electron chi connectivity index (χ1n) is 10.4. The Morgan fingerprint density at radius 2 is 1.79 bits per heavy atom. The minimum absolute atomic E-state index is 0.0250. The van der Waals surface area contributed by atoms with E-state index >= 15 is 0 Å². The predicted octanol–water partition coefficient (Wildman–Crippen LogP) is 2.09. The van der Waals surface area contributed by atoms with Crippen LogP contribution in [0.15, 0.2) is 50.9 Å². The largest absolute Gasteiger partial charge is 0.341 e. The highest BCUT2D eigenvalue weighted by Gasteiger charge is 2.22. The van der Waals surface area contributed by atoms with Crippen LogP contribution in [0.2, 0.25) is 5.02 Å². The summed E-state index contributed by atoms with van der Waals surface area (Å²) in [6, 6.07) is 8.78. The van der Waals surface area contributed by atoms with E-state index in [2.05, 4.69) is 4.72 Å². The maximum absolute atomic E-state index is 13.1. The number of carbonyl (C=O) groups excluding carboxylic acids is 1. The van der Waals surface area contributed by atoms with Crippen molar-refractivity contribution in [2.45, 2.75) is 31.2 Å². The van der Waals surface area contributed by atoms with Crippen molar-refractivity contribution in [2.75, 3.05) is 17.8 Å². The molecule has 2 aromatic carbocycles. The van der Waals surface area contributed by atoms with Gasteiger partial charge in [0.1, 0.15) is 6.54 Å². The van der Waals surface area contributed by atoms with E-state index < -0.39 is 27.8 Å². The highest BCUT2D eigenvalue weighted by atomic mass is 35.5. The number of carbonyl (C=O) groups is 1. The Balaban J connectivity index is 1.77. The standard InChI is InChI=1S/C22H23ClN4O5S/c1-14-5-6-15(23)11-18(14)24-33(31,32)16-7-8-19-17(12-16)21(29)27(22(30)25(19)2)13-20(28)26-9-3-4-10-26/h5-8,11-12,24H,3-4,9-10,13H2,1-2H3. The number of nitrogens with one attached hydrogen (secondary N) is 1. The summed E-state index contributed by atoms with van der Waals surface area (Å²) in [5.41, 5.74) is -0.0849. The molecular weight excluding hydrogens is 468 g/mol. The highest BCUT2D eigenvalue weighted by Crippen LogP contribution is 2.24. The Labute approximate surface area is 195 Å². The SMILES string of the molecule is Cc1ccc(Cl)cc1NS(=O)(=O)c1ccc2c(c1)c(=O)n(CC(=O)N1CCCC1)c(=O)n2C. The van der Waals surface area contributed by atoms with Crippen molar-refractivity contribution in [3.05, 3.63) is 67.8 Å². The van der Waals surface area contributed by atoms with Gasteiger partial charge in [-0.05, 0) is 55.7 Å². The number of aromatic nitrogens is 2. The number of benzene rings is 2. The van der Waals surface area contributed by atoms with Crippen LogP contribution in [0.25, 0.3) is 10.9 Å². The molecule has 1 fully saturated rings. The fraction of sp³-hybridized carbons (Fsp3) is 0.318. The molecule has 0 bridgehead atoms. The van der Waals surface area contributed by atoms with Crippen LogP contribution in [0.5, 0.6) is 0 Å². The zero-order chi connectivity index (χ0) is 23.9. The average molecular weight is 491 g/mol. The monoisotopic (exact) mass is 490 g/mol. The number of aryl methyl sites for hydroxylation is 2. The number of anilines is 1.